The molecule has 0 aliphatic carbocycles. The lowest BCUT2D eigenvalue weighted by molar-refractivity contribution is 0.0815. The molecule has 128 valence electrons. The number of benzene rings is 2. The van der Waals surface area contributed by atoms with E-state index in [1.165, 1.54) is 13.2 Å². The largest absolute Gasteiger partial charge is 0.496 e. The molecule has 0 unspecified atom stereocenters. The number of ether oxygens (including phenoxy) is 1. The lowest BCUT2D eigenvalue weighted by Gasteiger charge is -2.32. The summed E-state index contributed by atoms with van der Waals surface area (Å²) in [5.41, 5.74) is -0.533. The predicted molar refractivity (Wildman–Crippen MR) is 94.8 cm³/mol. The molecule has 2 aromatic carbocycles. The summed E-state index contributed by atoms with van der Waals surface area (Å²) in [5, 5.41) is 10.8. The Balaban J connectivity index is 2.39. The number of aliphatic hydroxyl groups is 1. The minimum Gasteiger partial charge on any atom is -0.496 e. The fourth-order valence-corrected chi connectivity index (χ4v) is 4.45. The van der Waals surface area contributed by atoms with Crippen molar-refractivity contribution in [3.8, 4) is 5.75 Å². The third-order valence-corrected chi connectivity index (χ3v) is 6.12. The third kappa shape index (κ3) is 3.68. The highest BCUT2D eigenvalue weighted by atomic mass is 32.2. The second-order valence-electron chi connectivity index (χ2n) is 5.93. The first-order valence-electron chi connectivity index (χ1n) is 7.56. The molecule has 4 nitrogen and oxygen atoms in total. The molecule has 2 rings (SSSR count). The zero-order valence-corrected chi connectivity index (χ0v) is 14.7. The second kappa shape index (κ2) is 7.20. The Morgan fingerprint density at radius 3 is 2.33 bits per heavy atom. The molecule has 0 saturated heterocycles. The fourth-order valence-electron chi connectivity index (χ4n) is 2.62. The van der Waals surface area contributed by atoms with Gasteiger partial charge in [-0.1, -0.05) is 49.4 Å². The summed E-state index contributed by atoms with van der Waals surface area (Å²) in [7, 11) is -2.06. The molecule has 0 aliphatic rings. The van der Waals surface area contributed by atoms with Gasteiger partial charge in [-0.15, -0.1) is 6.58 Å². The number of sulfone groups is 1. The first-order chi connectivity index (χ1) is 11.3. The number of rotatable bonds is 7. The molecule has 0 saturated carbocycles. The van der Waals surface area contributed by atoms with E-state index in [2.05, 4.69) is 6.58 Å². The van der Waals surface area contributed by atoms with E-state index in [0.717, 1.165) is 0 Å². The zero-order valence-electron chi connectivity index (χ0n) is 13.8. The molecule has 0 aliphatic heterocycles. The van der Waals surface area contributed by atoms with Gasteiger partial charge in [0, 0.05) is 11.0 Å². The smallest absolute Gasteiger partial charge is 0.179 e. The number of methoxy groups -OCH3 is 1. The Kier molecular flexibility index (Phi) is 5.47. The average Bonchev–Trinajstić information content (AvgIpc) is 2.61. The van der Waals surface area contributed by atoms with Crippen molar-refractivity contribution in [2.45, 2.75) is 17.9 Å². The van der Waals surface area contributed by atoms with E-state index in [0.29, 0.717) is 11.3 Å². The summed E-state index contributed by atoms with van der Waals surface area (Å²) in [4.78, 5) is 0.227. The average molecular weight is 346 g/mol. The minimum absolute atomic E-state index is 0.227. The van der Waals surface area contributed by atoms with Gasteiger partial charge in [0.15, 0.2) is 9.84 Å². The van der Waals surface area contributed by atoms with Crippen LogP contribution in [0, 0.1) is 5.41 Å². The topological polar surface area (TPSA) is 63.6 Å². The molecule has 0 spiro atoms. The number of hydrogen-bond acceptors (Lipinski definition) is 4. The van der Waals surface area contributed by atoms with Gasteiger partial charge in [0.05, 0.1) is 23.9 Å². The van der Waals surface area contributed by atoms with Crippen LogP contribution in [0.25, 0.3) is 0 Å². The van der Waals surface area contributed by atoms with Gasteiger partial charge in [0.25, 0.3) is 0 Å². The normalized spacial score (nSPS) is 15.3. The quantitative estimate of drug-likeness (QED) is 0.781. The first-order valence-corrected chi connectivity index (χ1v) is 9.21. The maximum Gasteiger partial charge on any atom is 0.179 e. The maximum absolute atomic E-state index is 12.7. The van der Waals surface area contributed by atoms with E-state index in [-0.39, 0.29) is 10.6 Å². The summed E-state index contributed by atoms with van der Waals surface area (Å²) >= 11 is 0. The maximum atomic E-state index is 12.7. The molecule has 0 aromatic heterocycles. The Bertz CT molecular complexity index is 799. The van der Waals surface area contributed by atoms with Crippen molar-refractivity contribution < 1.29 is 18.3 Å². The molecule has 0 fully saturated rings. The first kappa shape index (κ1) is 18.2. The van der Waals surface area contributed by atoms with Crippen LogP contribution in [0.1, 0.15) is 18.6 Å². The lowest BCUT2D eigenvalue weighted by Crippen LogP contribution is -2.32. The highest BCUT2D eigenvalue weighted by Crippen LogP contribution is 2.40. The Morgan fingerprint density at radius 1 is 1.17 bits per heavy atom. The number of aliphatic hydroxyl groups excluding tert-OH is 1. The van der Waals surface area contributed by atoms with E-state index in [9.17, 15) is 13.5 Å². The highest BCUT2D eigenvalue weighted by Gasteiger charge is 2.37. The van der Waals surface area contributed by atoms with Crippen LogP contribution in [0.5, 0.6) is 5.75 Å². The number of para-hydroxylation sites is 1. The molecular formula is C19H22O4S. The van der Waals surface area contributed by atoms with Gasteiger partial charge in [0.1, 0.15) is 5.75 Å². The predicted octanol–water partition coefficient (Wildman–Crippen LogP) is 3.39. The van der Waals surface area contributed by atoms with Gasteiger partial charge < -0.3 is 9.84 Å². The second-order valence-corrected chi connectivity index (χ2v) is 7.92. The minimum atomic E-state index is -3.57. The molecule has 24 heavy (non-hydrogen) atoms. The molecule has 0 radical (unpaired) electrons. The van der Waals surface area contributed by atoms with Crippen molar-refractivity contribution in [2.24, 2.45) is 5.41 Å². The van der Waals surface area contributed by atoms with Crippen LogP contribution in [0.3, 0.4) is 0 Å². The molecule has 0 bridgehead atoms. The van der Waals surface area contributed by atoms with Gasteiger partial charge in [-0.3, -0.25) is 0 Å². The number of hydrogen-bond donors (Lipinski definition) is 1. The monoisotopic (exact) mass is 346 g/mol. The SMILES string of the molecule is C=C[C@@](C)(CS(=O)(=O)c1ccccc1)[C@@H](O)c1ccccc1OC. The summed E-state index contributed by atoms with van der Waals surface area (Å²) in [6.07, 6.45) is 0.426. The van der Waals surface area contributed by atoms with Crippen molar-refractivity contribution in [2.75, 3.05) is 12.9 Å². The lowest BCUT2D eigenvalue weighted by atomic mass is 9.82. The Hall–Kier alpha value is -2.11. The van der Waals surface area contributed by atoms with Crippen LogP contribution in [-0.2, 0) is 9.84 Å². The highest BCUT2D eigenvalue weighted by molar-refractivity contribution is 7.91. The standard InChI is InChI=1S/C19H22O4S/c1-4-19(2,14-24(21,22)15-10-6-5-7-11-15)18(20)16-12-8-9-13-17(16)23-3/h4-13,18,20H,1,14H2,2-3H3/t18-,19-/m0/s1. The van der Waals surface area contributed by atoms with Crippen LogP contribution >= 0.6 is 0 Å². The van der Waals surface area contributed by atoms with Crippen LogP contribution < -0.4 is 4.74 Å². The molecule has 5 heteroatoms. The molecule has 2 atom stereocenters. The van der Waals surface area contributed by atoms with Crippen molar-refractivity contribution in [1.29, 1.82) is 0 Å². The summed E-state index contributed by atoms with van der Waals surface area (Å²) in [6, 6.07) is 15.2. The van der Waals surface area contributed by atoms with E-state index < -0.39 is 21.4 Å². The van der Waals surface area contributed by atoms with Gasteiger partial charge in [-0.05, 0) is 18.2 Å². The molecule has 0 amide bonds. The third-order valence-electron chi connectivity index (χ3n) is 4.13. The molecule has 2 aromatic rings. The van der Waals surface area contributed by atoms with Crippen molar-refractivity contribution in [1.82, 2.24) is 0 Å². The summed E-state index contributed by atoms with van der Waals surface area (Å²) in [6.45, 7) is 5.43. The van der Waals surface area contributed by atoms with Crippen molar-refractivity contribution in [3.63, 3.8) is 0 Å². The molecule has 0 heterocycles. The fraction of sp³-hybridized carbons (Fsp3) is 0.263. The summed E-state index contributed by atoms with van der Waals surface area (Å²) < 4.78 is 30.7. The van der Waals surface area contributed by atoms with Gasteiger partial charge in [0.2, 0.25) is 0 Å². The van der Waals surface area contributed by atoms with E-state index >= 15 is 0 Å². The van der Waals surface area contributed by atoms with E-state index in [4.69, 9.17) is 4.74 Å². The van der Waals surface area contributed by atoms with Crippen molar-refractivity contribution in [3.05, 3.63) is 72.8 Å². The molecule has 1 N–H and O–H groups in total. The van der Waals surface area contributed by atoms with Gasteiger partial charge in [-0.25, -0.2) is 8.42 Å². The van der Waals surface area contributed by atoms with Crippen LogP contribution in [0.15, 0.2) is 72.1 Å². The Labute approximate surface area is 143 Å². The summed E-state index contributed by atoms with van der Waals surface area (Å²) in [5.74, 6) is 0.252. The van der Waals surface area contributed by atoms with Crippen LogP contribution in [0.2, 0.25) is 0 Å². The van der Waals surface area contributed by atoms with Crippen molar-refractivity contribution >= 4 is 9.84 Å². The molecular weight excluding hydrogens is 324 g/mol. The van der Waals surface area contributed by atoms with Crippen LogP contribution in [0.4, 0.5) is 0 Å². The van der Waals surface area contributed by atoms with Gasteiger partial charge >= 0.3 is 0 Å². The zero-order chi connectivity index (χ0) is 17.8. The van der Waals surface area contributed by atoms with Gasteiger partial charge in [-0.2, -0.15) is 0 Å². The van der Waals surface area contributed by atoms with E-state index in [1.54, 1.807) is 61.5 Å². The van der Waals surface area contributed by atoms with Crippen LogP contribution in [-0.4, -0.2) is 26.4 Å². The van der Waals surface area contributed by atoms with E-state index in [1.807, 2.05) is 0 Å². The Morgan fingerprint density at radius 2 is 1.75 bits per heavy atom.